The molecule has 0 bridgehead atoms. The van der Waals surface area contributed by atoms with Gasteiger partial charge in [0.25, 0.3) is 5.91 Å². The van der Waals surface area contributed by atoms with Gasteiger partial charge in [-0.25, -0.2) is 4.98 Å². The molecule has 3 heterocycles. The second-order valence-corrected chi connectivity index (χ2v) is 5.63. The second kappa shape index (κ2) is 9.13. The molecule has 0 aliphatic carbocycles. The molecule has 1 atom stereocenters. The van der Waals surface area contributed by atoms with Crippen LogP contribution in [-0.4, -0.2) is 30.0 Å². The fraction of sp³-hybridized carbons (Fsp3) is 0.333. The fourth-order valence-corrected chi connectivity index (χ4v) is 2.80. The molecule has 24 heavy (non-hydrogen) atoms. The minimum Gasteiger partial charge on any atom is -0.467 e. The number of halogens is 3. The first-order valence-corrected chi connectivity index (χ1v) is 7.49. The highest BCUT2D eigenvalue weighted by Gasteiger charge is 2.26. The van der Waals surface area contributed by atoms with Gasteiger partial charge in [-0.15, -0.1) is 24.8 Å². The number of nitrogens with one attached hydrogen (secondary N) is 1. The van der Waals surface area contributed by atoms with E-state index in [4.69, 9.17) is 21.8 Å². The summed E-state index contributed by atoms with van der Waals surface area (Å²) in [6, 6.07) is 5.34. The van der Waals surface area contributed by atoms with E-state index in [1.54, 1.807) is 18.3 Å². The summed E-state index contributed by atoms with van der Waals surface area (Å²) in [5.74, 6) is 1.20. The Morgan fingerprint density at radius 2 is 2.29 bits per heavy atom. The maximum absolute atomic E-state index is 12.2. The molecule has 3 N–H and O–H groups in total. The summed E-state index contributed by atoms with van der Waals surface area (Å²) in [5.41, 5.74) is 5.97. The van der Waals surface area contributed by atoms with Crippen molar-refractivity contribution < 1.29 is 9.21 Å². The molecule has 1 unspecified atom stereocenters. The zero-order chi connectivity index (χ0) is 15.5. The highest BCUT2D eigenvalue weighted by molar-refractivity contribution is 6.32. The molecule has 2 aromatic rings. The average Bonchev–Trinajstić information content (AvgIpc) is 3.16. The van der Waals surface area contributed by atoms with Gasteiger partial charge in [-0.2, -0.15) is 0 Å². The van der Waals surface area contributed by atoms with Crippen LogP contribution in [0.25, 0.3) is 0 Å². The number of aromatic nitrogens is 1. The largest absolute Gasteiger partial charge is 0.467 e. The van der Waals surface area contributed by atoms with Crippen LogP contribution >= 0.6 is 36.4 Å². The molecule has 0 aromatic carbocycles. The Bertz CT molecular complexity index is 680. The summed E-state index contributed by atoms with van der Waals surface area (Å²) in [6.07, 6.45) is 3.99. The van der Waals surface area contributed by atoms with Crippen LogP contribution in [0.3, 0.4) is 0 Å². The summed E-state index contributed by atoms with van der Waals surface area (Å²) in [5, 5.41) is 3.62. The van der Waals surface area contributed by atoms with Gasteiger partial charge in [0.1, 0.15) is 17.8 Å². The lowest BCUT2D eigenvalue weighted by Gasteiger charge is -2.18. The first kappa shape index (κ1) is 20.6. The van der Waals surface area contributed by atoms with E-state index in [0.717, 1.165) is 18.8 Å². The highest BCUT2D eigenvalue weighted by Crippen LogP contribution is 2.25. The van der Waals surface area contributed by atoms with E-state index >= 15 is 0 Å². The summed E-state index contributed by atoms with van der Waals surface area (Å²) in [7, 11) is 0. The second-order valence-electron chi connectivity index (χ2n) is 5.22. The summed E-state index contributed by atoms with van der Waals surface area (Å²) in [4.78, 5) is 18.5. The van der Waals surface area contributed by atoms with E-state index in [-0.39, 0.29) is 43.3 Å². The monoisotopic (exact) mass is 392 g/mol. The quantitative estimate of drug-likeness (QED) is 0.834. The van der Waals surface area contributed by atoms with Crippen molar-refractivity contribution in [3.05, 3.63) is 47.0 Å². The molecule has 0 radical (unpaired) electrons. The normalized spacial score (nSPS) is 16.2. The van der Waals surface area contributed by atoms with Gasteiger partial charge in [-0.1, -0.05) is 11.6 Å². The Labute approximate surface area is 157 Å². The Morgan fingerprint density at radius 1 is 1.50 bits per heavy atom. The van der Waals surface area contributed by atoms with Crippen LogP contribution in [0.4, 0.5) is 5.82 Å². The van der Waals surface area contributed by atoms with E-state index in [1.165, 1.54) is 6.26 Å². The molecule has 9 heteroatoms. The van der Waals surface area contributed by atoms with Gasteiger partial charge >= 0.3 is 0 Å². The van der Waals surface area contributed by atoms with Crippen LogP contribution in [0.2, 0.25) is 5.02 Å². The number of amides is 1. The fourth-order valence-electron chi connectivity index (χ4n) is 2.56. The number of carbonyl (C=O) groups is 1. The number of pyridine rings is 1. The molecule has 0 spiro atoms. The van der Waals surface area contributed by atoms with Gasteiger partial charge in [-0.3, -0.25) is 4.79 Å². The van der Waals surface area contributed by atoms with Gasteiger partial charge in [0.15, 0.2) is 0 Å². The van der Waals surface area contributed by atoms with E-state index in [1.807, 2.05) is 6.07 Å². The third-order valence-electron chi connectivity index (χ3n) is 3.68. The van der Waals surface area contributed by atoms with E-state index in [9.17, 15) is 4.79 Å². The highest BCUT2D eigenvalue weighted by atomic mass is 35.5. The van der Waals surface area contributed by atoms with Crippen LogP contribution in [0.1, 0.15) is 22.5 Å². The maximum atomic E-state index is 12.2. The number of nitrogens with two attached hydrogens (primary N) is 1. The molecule has 0 saturated carbocycles. The number of anilines is 1. The molecule has 1 fully saturated rings. The molecular weight excluding hydrogens is 375 g/mol. The van der Waals surface area contributed by atoms with Crippen molar-refractivity contribution in [3.8, 4) is 0 Å². The lowest BCUT2D eigenvalue weighted by atomic mass is 10.2. The molecular formula is C15H19Cl3N4O2. The maximum Gasteiger partial charge on any atom is 0.254 e. The van der Waals surface area contributed by atoms with Crippen molar-refractivity contribution in [3.63, 3.8) is 0 Å². The minimum atomic E-state index is -0.151. The first-order valence-electron chi connectivity index (χ1n) is 7.11. The molecule has 1 saturated heterocycles. The van der Waals surface area contributed by atoms with Crippen LogP contribution < -0.4 is 16.0 Å². The summed E-state index contributed by atoms with van der Waals surface area (Å²) >= 11 is 6.16. The standard InChI is InChI=1S/C15H17ClN4O2.2ClH/c16-13-2-1-4-18-14(13)20-5-3-11(8-20)19-15(21)10-6-12(7-17)22-9-10;;/h1-2,4,6,9,11H,3,5,7-8,17H2,(H,19,21);2*1H. The topological polar surface area (TPSA) is 84.4 Å². The molecule has 6 nitrogen and oxygen atoms in total. The van der Waals surface area contributed by atoms with Gasteiger partial charge in [0, 0.05) is 25.3 Å². The number of rotatable bonds is 4. The molecule has 132 valence electrons. The molecule has 1 amide bonds. The Hall–Kier alpha value is -1.47. The Balaban J connectivity index is 0.00000144. The lowest BCUT2D eigenvalue weighted by molar-refractivity contribution is 0.0940. The third kappa shape index (κ3) is 4.54. The summed E-state index contributed by atoms with van der Waals surface area (Å²) < 4.78 is 5.18. The molecule has 1 aliphatic rings. The number of hydrogen-bond acceptors (Lipinski definition) is 5. The van der Waals surface area contributed by atoms with E-state index in [0.29, 0.717) is 22.9 Å². The van der Waals surface area contributed by atoms with Gasteiger partial charge in [0.05, 0.1) is 17.1 Å². The van der Waals surface area contributed by atoms with Crippen LogP contribution in [0.5, 0.6) is 0 Å². The van der Waals surface area contributed by atoms with E-state index in [2.05, 4.69) is 15.2 Å². The van der Waals surface area contributed by atoms with Crippen molar-refractivity contribution >= 4 is 48.1 Å². The van der Waals surface area contributed by atoms with E-state index < -0.39 is 0 Å². The van der Waals surface area contributed by atoms with Crippen LogP contribution in [0.15, 0.2) is 35.1 Å². The van der Waals surface area contributed by atoms with Crippen molar-refractivity contribution in [2.75, 3.05) is 18.0 Å². The molecule has 1 aliphatic heterocycles. The SMILES string of the molecule is Cl.Cl.NCc1cc(C(=O)NC2CCN(c3ncccc3Cl)C2)co1. The van der Waals surface area contributed by atoms with Crippen LogP contribution in [-0.2, 0) is 6.54 Å². The predicted octanol–water partition coefficient (Wildman–Crippen LogP) is 2.64. The minimum absolute atomic E-state index is 0. The first-order chi connectivity index (χ1) is 10.7. The van der Waals surface area contributed by atoms with Gasteiger partial charge in [0.2, 0.25) is 0 Å². The van der Waals surface area contributed by atoms with Crippen molar-refractivity contribution in [1.82, 2.24) is 10.3 Å². The van der Waals surface area contributed by atoms with Crippen LogP contribution in [0, 0.1) is 0 Å². The van der Waals surface area contributed by atoms with Gasteiger partial charge < -0.3 is 20.4 Å². The smallest absolute Gasteiger partial charge is 0.254 e. The number of nitrogens with zero attached hydrogens (tertiary/aromatic N) is 2. The zero-order valence-corrected chi connectivity index (χ0v) is 15.2. The van der Waals surface area contributed by atoms with Gasteiger partial charge in [-0.05, 0) is 24.6 Å². The van der Waals surface area contributed by atoms with Crippen molar-refractivity contribution in [2.24, 2.45) is 5.73 Å². The summed E-state index contributed by atoms with van der Waals surface area (Å²) in [6.45, 7) is 1.77. The number of carbonyl (C=O) groups excluding carboxylic acids is 1. The third-order valence-corrected chi connectivity index (χ3v) is 3.97. The molecule has 2 aromatic heterocycles. The zero-order valence-electron chi connectivity index (χ0n) is 12.8. The predicted molar refractivity (Wildman–Crippen MR) is 98.4 cm³/mol. The molecule has 3 rings (SSSR count). The van der Waals surface area contributed by atoms with Crippen molar-refractivity contribution in [1.29, 1.82) is 0 Å². The Morgan fingerprint density at radius 3 is 2.96 bits per heavy atom. The number of furan rings is 1. The number of hydrogen-bond donors (Lipinski definition) is 2. The lowest BCUT2D eigenvalue weighted by Crippen LogP contribution is -2.37. The van der Waals surface area contributed by atoms with Crippen molar-refractivity contribution in [2.45, 2.75) is 19.0 Å². The Kier molecular flexibility index (Phi) is 7.83. The average molecular weight is 394 g/mol.